The fourth-order valence-electron chi connectivity index (χ4n) is 1.60. The number of benzene rings is 1. The molecule has 0 N–H and O–H groups in total. The zero-order valence-corrected chi connectivity index (χ0v) is 9.71. The molecule has 0 spiro atoms. The van der Waals surface area contributed by atoms with Crippen molar-refractivity contribution in [3.05, 3.63) is 65.3 Å². The zero-order valence-electron chi connectivity index (χ0n) is 9.71. The second-order valence-corrected chi connectivity index (χ2v) is 3.70. The standard InChI is InChI=1S/C13H16N2O2/c1-3-8-14(9-4-2)11-12-6-5-7-13(10-12)15(16)17/h3-7,10H,1-2,8-9,11H2. The lowest BCUT2D eigenvalue weighted by Gasteiger charge is -2.18. The van der Waals surface area contributed by atoms with Gasteiger partial charge in [0, 0.05) is 31.8 Å². The summed E-state index contributed by atoms with van der Waals surface area (Å²) in [5, 5.41) is 10.6. The Kier molecular flexibility index (Phi) is 5.10. The smallest absolute Gasteiger partial charge is 0.269 e. The van der Waals surface area contributed by atoms with E-state index in [2.05, 4.69) is 18.1 Å². The maximum absolute atomic E-state index is 10.6. The highest BCUT2D eigenvalue weighted by Gasteiger charge is 2.08. The van der Waals surface area contributed by atoms with Gasteiger partial charge in [-0.15, -0.1) is 13.2 Å². The summed E-state index contributed by atoms with van der Waals surface area (Å²) in [5.41, 5.74) is 1.04. The van der Waals surface area contributed by atoms with Gasteiger partial charge in [-0.1, -0.05) is 24.3 Å². The predicted molar refractivity (Wildman–Crippen MR) is 68.8 cm³/mol. The lowest BCUT2D eigenvalue weighted by atomic mass is 10.2. The molecule has 1 aromatic carbocycles. The Balaban J connectivity index is 2.77. The van der Waals surface area contributed by atoms with Crippen LogP contribution in [0.25, 0.3) is 0 Å². The third-order valence-electron chi connectivity index (χ3n) is 2.30. The van der Waals surface area contributed by atoms with Gasteiger partial charge in [0.15, 0.2) is 0 Å². The quantitative estimate of drug-likeness (QED) is 0.412. The molecule has 90 valence electrons. The highest BCUT2D eigenvalue weighted by Crippen LogP contribution is 2.14. The molecule has 0 aliphatic heterocycles. The van der Waals surface area contributed by atoms with Gasteiger partial charge in [0.2, 0.25) is 0 Å². The first-order valence-electron chi connectivity index (χ1n) is 5.35. The molecule has 0 saturated heterocycles. The Morgan fingerprint density at radius 3 is 2.47 bits per heavy atom. The molecule has 0 atom stereocenters. The summed E-state index contributed by atoms with van der Waals surface area (Å²) in [6.07, 6.45) is 3.61. The van der Waals surface area contributed by atoms with E-state index >= 15 is 0 Å². The maximum atomic E-state index is 10.6. The van der Waals surface area contributed by atoms with Crippen LogP contribution >= 0.6 is 0 Å². The largest absolute Gasteiger partial charge is 0.292 e. The highest BCUT2D eigenvalue weighted by molar-refractivity contribution is 5.34. The Hall–Kier alpha value is -1.94. The topological polar surface area (TPSA) is 46.4 Å². The number of non-ortho nitro benzene ring substituents is 1. The van der Waals surface area contributed by atoms with Gasteiger partial charge in [-0.25, -0.2) is 0 Å². The van der Waals surface area contributed by atoms with Crippen LogP contribution in [0.5, 0.6) is 0 Å². The van der Waals surface area contributed by atoms with Crippen molar-refractivity contribution < 1.29 is 4.92 Å². The van der Waals surface area contributed by atoms with Gasteiger partial charge in [0.05, 0.1) is 4.92 Å². The first-order chi connectivity index (χ1) is 8.17. The van der Waals surface area contributed by atoms with Crippen LogP contribution < -0.4 is 0 Å². The van der Waals surface area contributed by atoms with Crippen LogP contribution in [0.4, 0.5) is 5.69 Å². The van der Waals surface area contributed by atoms with E-state index in [0.717, 1.165) is 18.7 Å². The summed E-state index contributed by atoms with van der Waals surface area (Å²) in [6, 6.07) is 6.67. The van der Waals surface area contributed by atoms with E-state index in [4.69, 9.17) is 0 Å². The van der Waals surface area contributed by atoms with E-state index in [1.165, 1.54) is 6.07 Å². The number of nitro groups is 1. The van der Waals surface area contributed by atoms with E-state index in [1.807, 2.05) is 6.07 Å². The highest BCUT2D eigenvalue weighted by atomic mass is 16.6. The molecule has 0 amide bonds. The second kappa shape index (κ2) is 6.60. The Labute approximate surface area is 101 Å². The molecule has 0 fully saturated rings. The van der Waals surface area contributed by atoms with Gasteiger partial charge >= 0.3 is 0 Å². The number of hydrogen-bond donors (Lipinski definition) is 0. The molecular formula is C13H16N2O2. The molecule has 1 aromatic rings. The van der Waals surface area contributed by atoms with Crippen molar-refractivity contribution in [2.45, 2.75) is 6.54 Å². The van der Waals surface area contributed by atoms with Crippen molar-refractivity contribution in [3.8, 4) is 0 Å². The van der Waals surface area contributed by atoms with E-state index in [1.54, 1.807) is 24.3 Å². The second-order valence-electron chi connectivity index (χ2n) is 3.70. The van der Waals surface area contributed by atoms with Crippen LogP contribution in [0, 0.1) is 10.1 Å². The molecule has 0 heterocycles. The lowest BCUT2D eigenvalue weighted by molar-refractivity contribution is -0.384. The van der Waals surface area contributed by atoms with Crippen LogP contribution in [-0.4, -0.2) is 22.9 Å². The third-order valence-corrected chi connectivity index (χ3v) is 2.30. The van der Waals surface area contributed by atoms with Crippen LogP contribution in [0.2, 0.25) is 0 Å². The minimum absolute atomic E-state index is 0.125. The van der Waals surface area contributed by atoms with Gasteiger partial charge in [0.1, 0.15) is 0 Å². The van der Waals surface area contributed by atoms with Gasteiger partial charge < -0.3 is 0 Å². The number of hydrogen-bond acceptors (Lipinski definition) is 3. The first-order valence-corrected chi connectivity index (χ1v) is 5.35. The average Bonchev–Trinajstić information content (AvgIpc) is 2.30. The molecule has 0 saturated carbocycles. The molecular weight excluding hydrogens is 216 g/mol. The molecule has 17 heavy (non-hydrogen) atoms. The van der Waals surface area contributed by atoms with E-state index in [0.29, 0.717) is 6.54 Å². The monoisotopic (exact) mass is 232 g/mol. The van der Waals surface area contributed by atoms with Gasteiger partial charge in [-0.2, -0.15) is 0 Å². The van der Waals surface area contributed by atoms with Gasteiger partial charge in [0.25, 0.3) is 5.69 Å². The number of nitro benzene ring substituents is 1. The van der Waals surface area contributed by atoms with Crippen molar-refractivity contribution in [1.82, 2.24) is 4.90 Å². The Morgan fingerprint density at radius 2 is 1.94 bits per heavy atom. The minimum Gasteiger partial charge on any atom is -0.292 e. The minimum atomic E-state index is -0.380. The molecule has 4 nitrogen and oxygen atoms in total. The predicted octanol–water partition coefficient (Wildman–Crippen LogP) is 2.77. The molecule has 4 heteroatoms. The molecule has 0 radical (unpaired) electrons. The lowest BCUT2D eigenvalue weighted by Crippen LogP contribution is -2.23. The summed E-state index contributed by atoms with van der Waals surface area (Å²) < 4.78 is 0. The number of nitrogens with zero attached hydrogens (tertiary/aromatic N) is 2. The Bertz CT molecular complexity index is 406. The van der Waals surface area contributed by atoms with Crippen molar-refractivity contribution in [2.75, 3.05) is 13.1 Å². The molecule has 0 aromatic heterocycles. The van der Waals surface area contributed by atoms with Gasteiger partial charge in [-0.3, -0.25) is 15.0 Å². The zero-order chi connectivity index (χ0) is 12.7. The van der Waals surface area contributed by atoms with Crippen LogP contribution in [-0.2, 0) is 6.54 Å². The van der Waals surface area contributed by atoms with E-state index in [9.17, 15) is 10.1 Å². The first kappa shape index (κ1) is 13.1. The fourth-order valence-corrected chi connectivity index (χ4v) is 1.60. The normalized spacial score (nSPS) is 10.2. The van der Waals surface area contributed by atoms with E-state index < -0.39 is 0 Å². The van der Waals surface area contributed by atoms with E-state index in [-0.39, 0.29) is 10.6 Å². The van der Waals surface area contributed by atoms with Crippen molar-refractivity contribution in [2.24, 2.45) is 0 Å². The molecule has 1 rings (SSSR count). The summed E-state index contributed by atoms with van der Waals surface area (Å²) in [4.78, 5) is 12.4. The third kappa shape index (κ3) is 4.20. The molecule has 0 unspecified atom stereocenters. The summed E-state index contributed by atoms with van der Waals surface area (Å²) in [5.74, 6) is 0. The molecule has 0 bridgehead atoms. The molecule has 0 aliphatic rings. The van der Waals surface area contributed by atoms with Gasteiger partial charge in [-0.05, 0) is 5.56 Å². The van der Waals surface area contributed by atoms with Crippen LogP contribution in [0.15, 0.2) is 49.6 Å². The molecule has 0 aliphatic carbocycles. The maximum Gasteiger partial charge on any atom is 0.269 e. The van der Waals surface area contributed by atoms with Crippen LogP contribution in [0.3, 0.4) is 0 Å². The summed E-state index contributed by atoms with van der Waals surface area (Å²) >= 11 is 0. The summed E-state index contributed by atoms with van der Waals surface area (Å²) in [7, 11) is 0. The fraction of sp³-hybridized carbons (Fsp3) is 0.231. The Morgan fingerprint density at radius 1 is 1.29 bits per heavy atom. The van der Waals surface area contributed by atoms with Crippen molar-refractivity contribution in [3.63, 3.8) is 0 Å². The average molecular weight is 232 g/mol. The summed E-state index contributed by atoms with van der Waals surface area (Å²) in [6.45, 7) is 9.49. The number of rotatable bonds is 7. The van der Waals surface area contributed by atoms with Crippen LogP contribution in [0.1, 0.15) is 5.56 Å². The SMILES string of the molecule is C=CCN(CC=C)Cc1cccc([N+](=O)[O-])c1. The van der Waals surface area contributed by atoms with Crippen molar-refractivity contribution >= 4 is 5.69 Å². The van der Waals surface area contributed by atoms with Crippen molar-refractivity contribution in [1.29, 1.82) is 0 Å².